The van der Waals surface area contributed by atoms with E-state index in [-0.39, 0.29) is 18.0 Å². The van der Waals surface area contributed by atoms with Crippen molar-refractivity contribution in [3.05, 3.63) is 29.6 Å². The molecule has 0 amide bonds. The van der Waals surface area contributed by atoms with Gasteiger partial charge in [-0.1, -0.05) is 0 Å². The zero-order valence-electron chi connectivity index (χ0n) is 11.0. The van der Waals surface area contributed by atoms with Gasteiger partial charge in [0.05, 0.1) is 0 Å². The second kappa shape index (κ2) is 5.67. The third kappa shape index (κ3) is 3.21. The van der Waals surface area contributed by atoms with E-state index in [1.54, 1.807) is 6.07 Å². The van der Waals surface area contributed by atoms with Crippen LogP contribution in [0.2, 0.25) is 0 Å². The first-order chi connectivity index (χ1) is 8.56. The highest BCUT2D eigenvalue weighted by Crippen LogP contribution is 2.27. The smallest absolute Gasteiger partial charge is 0.124 e. The molecular formula is C14H21FN2O. The topological polar surface area (TPSA) is 38.5 Å². The van der Waals surface area contributed by atoms with Crippen molar-refractivity contribution >= 4 is 0 Å². The Balaban J connectivity index is 2.09. The molecule has 1 aliphatic heterocycles. The Morgan fingerprint density at radius 1 is 1.39 bits per heavy atom. The van der Waals surface area contributed by atoms with Crippen molar-refractivity contribution in [2.24, 2.45) is 5.73 Å². The molecule has 0 aliphatic carbocycles. The molecule has 0 radical (unpaired) electrons. The van der Waals surface area contributed by atoms with E-state index >= 15 is 0 Å². The molecule has 0 saturated carbocycles. The summed E-state index contributed by atoms with van der Waals surface area (Å²) in [6.07, 6.45) is 2.22. The van der Waals surface area contributed by atoms with Gasteiger partial charge in [-0.25, -0.2) is 4.39 Å². The average molecular weight is 252 g/mol. The van der Waals surface area contributed by atoms with Crippen LogP contribution in [0.4, 0.5) is 4.39 Å². The fraction of sp³-hybridized carbons (Fsp3) is 0.571. The van der Waals surface area contributed by atoms with E-state index in [1.165, 1.54) is 12.1 Å². The average Bonchev–Trinajstić information content (AvgIpc) is 2.34. The van der Waals surface area contributed by atoms with Crippen LogP contribution in [-0.2, 0) is 0 Å². The molecular weight excluding hydrogens is 231 g/mol. The molecule has 1 aromatic carbocycles. The van der Waals surface area contributed by atoms with Crippen LogP contribution in [0, 0.1) is 5.82 Å². The number of hydrogen-bond donors (Lipinski definition) is 1. The highest BCUT2D eigenvalue weighted by molar-refractivity contribution is 5.36. The van der Waals surface area contributed by atoms with E-state index in [0.29, 0.717) is 0 Å². The molecule has 2 N–H and O–H groups in total. The molecule has 4 heteroatoms. The normalized spacial score (nSPS) is 19.8. The van der Waals surface area contributed by atoms with Crippen LogP contribution < -0.4 is 10.5 Å². The maximum Gasteiger partial charge on any atom is 0.124 e. The fourth-order valence-corrected chi connectivity index (χ4v) is 2.26. The maximum atomic E-state index is 13.2. The van der Waals surface area contributed by atoms with E-state index in [9.17, 15) is 4.39 Å². The SMILES string of the molecule is CC(N)c1cc(F)ccc1OC1CCN(C)CC1. The van der Waals surface area contributed by atoms with Gasteiger partial charge in [0.2, 0.25) is 0 Å². The molecule has 0 bridgehead atoms. The van der Waals surface area contributed by atoms with Crippen LogP contribution in [0.15, 0.2) is 18.2 Å². The molecule has 1 atom stereocenters. The molecule has 18 heavy (non-hydrogen) atoms. The van der Waals surface area contributed by atoms with Crippen molar-refractivity contribution in [3.63, 3.8) is 0 Å². The molecule has 1 saturated heterocycles. The van der Waals surface area contributed by atoms with Gasteiger partial charge >= 0.3 is 0 Å². The van der Waals surface area contributed by atoms with E-state index in [0.717, 1.165) is 37.2 Å². The number of nitrogens with two attached hydrogens (primary N) is 1. The first-order valence-corrected chi connectivity index (χ1v) is 6.46. The van der Waals surface area contributed by atoms with E-state index in [1.807, 2.05) is 6.92 Å². The van der Waals surface area contributed by atoms with Crippen LogP contribution in [0.25, 0.3) is 0 Å². The minimum absolute atomic E-state index is 0.212. The van der Waals surface area contributed by atoms with Crippen molar-refractivity contribution in [2.45, 2.75) is 31.9 Å². The summed E-state index contributed by atoms with van der Waals surface area (Å²) < 4.78 is 19.2. The zero-order valence-corrected chi connectivity index (χ0v) is 11.0. The molecule has 1 fully saturated rings. The minimum atomic E-state index is -0.266. The van der Waals surface area contributed by atoms with Gasteiger partial charge in [0.1, 0.15) is 17.7 Å². The summed E-state index contributed by atoms with van der Waals surface area (Å²) in [7, 11) is 2.11. The van der Waals surface area contributed by atoms with Gasteiger partial charge in [0, 0.05) is 24.7 Å². The Hall–Kier alpha value is -1.13. The summed E-state index contributed by atoms with van der Waals surface area (Å²) in [4.78, 5) is 2.29. The Kier molecular flexibility index (Phi) is 4.19. The number of rotatable bonds is 3. The summed E-state index contributed by atoms with van der Waals surface area (Å²) >= 11 is 0. The number of piperidine rings is 1. The van der Waals surface area contributed by atoms with Crippen LogP contribution >= 0.6 is 0 Å². The third-order valence-corrected chi connectivity index (χ3v) is 3.42. The maximum absolute atomic E-state index is 13.2. The quantitative estimate of drug-likeness (QED) is 0.897. The molecule has 1 aromatic rings. The van der Waals surface area contributed by atoms with E-state index in [2.05, 4.69) is 11.9 Å². The highest BCUT2D eigenvalue weighted by Gasteiger charge is 2.20. The lowest BCUT2D eigenvalue weighted by Crippen LogP contribution is -2.35. The molecule has 1 aliphatic rings. The number of likely N-dealkylation sites (tertiary alicyclic amines) is 1. The van der Waals surface area contributed by atoms with E-state index in [4.69, 9.17) is 10.5 Å². The summed E-state index contributed by atoms with van der Waals surface area (Å²) in [6, 6.07) is 4.36. The first-order valence-electron chi connectivity index (χ1n) is 6.46. The number of halogens is 1. The Labute approximate surface area is 108 Å². The lowest BCUT2D eigenvalue weighted by molar-refractivity contribution is 0.113. The number of benzene rings is 1. The molecule has 100 valence electrons. The van der Waals surface area contributed by atoms with Crippen LogP contribution in [0.3, 0.4) is 0 Å². The van der Waals surface area contributed by atoms with Gasteiger partial charge in [0.25, 0.3) is 0 Å². The summed E-state index contributed by atoms with van der Waals surface area (Å²) in [6.45, 7) is 3.93. The predicted octanol–water partition coefficient (Wildman–Crippen LogP) is 2.32. The van der Waals surface area contributed by atoms with Crippen molar-refractivity contribution in [2.75, 3.05) is 20.1 Å². The Morgan fingerprint density at radius 2 is 2.06 bits per heavy atom. The van der Waals surface area contributed by atoms with Crippen LogP contribution in [0.1, 0.15) is 31.4 Å². The van der Waals surface area contributed by atoms with Crippen LogP contribution in [-0.4, -0.2) is 31.1 Å². The number of hydrogen-bond acceptors (Lipinski definition) is 3. The summed E-state index contributed by atoms with van der Waals surface area (Å²) in [5.74, 6) is 0.457. The van der Waals surface area contributed by atoms with Gasteiger partial charge in [0.15, 0.2) is 0 Å². The molecule has 0 aromatic heterocycles. The van der Waals surface area contributed by atoms with Gasteiger partial charge in [-0.15, -0.1) is 0 Å². The highest BCUT2D eigenvalue weighted by atomic mass is 19.1. The van der Waals surface area contributed by atoms with Gasteiger partial charge in [-0.2, -0.15) is 0 Å². The predicted molar refractivity (Wildman–Crippen MR) is 70.1 cm³/mol. The van der Waals surface area contributed by atoms with Crippen molar-refractivity contribution < 1.29 is 9.13 Å². The molecule has 3 nitrogen and oxygen atoms in total. The second-order valence-corrected chi connectivity index (χ2v) is 5.09. The van der Waals surface area contributed by atoms with Crippen molar-refractivity contribution in [1.29, 1.82) is 0 Å². The van der Waals surface area contributed by atoms with Crippen LogP contribution in [0.5, 0.6) is 5.75 Å². The second-order valence-electron chi connectivity index (χ2n) is 5.09. The third-order valence-electron chi connectivity index (χ3n) is 3.42. The molecule has 1 unspecified atom stereocenters. The largest absolute Gasteiger partial charge is 0.490 e. The number of ether oxygens (including phenoxy) is 1. The van der Waals surface area contributed by atoms with Crippen molar-refractivity contribution in [1.82, 2.24) is 4.90 Å². The lowest BCUT2D eigenvalue weighted by atomic mass is 10.1. The summed E-state index contributed by atoms with van der Waals surface area (Å²) in [5, 5.41) is 0. The molecule has 1 heterocycles. The lowest BCUT2D eigenvalue weighted by Gasteiger charge is -2.30. The van der Waals surface area contributed by atoms with Crippen molar-refractivity contribution in [3.8, 4) is 5.75 Å². The molecule has 2 rings (SSSR count). The summed E-state index contributed by atoms with van der Waals surface area (Å²) in [5.41, 5.74) is 6.60. The Morgan fingerprint density at radius 3 is 2.67 bits per heavy atom. The Bertz CT molecular complexity index is 401. The van der Waals surface area contributed by atoms with Gasteiger partial charge in [-0.3, -0.25) is 0 Å². The first kappa shape index (κ1) is 13.3. The van der Waals surface area contributed by atoms with Gasteiger partial charge in [-0.05, 0) is 45.0 Å². The standard InChI is InChI=1S/C14H21FN2O/c1-10(16)13-9-11(15)3-4-14(13)18-12-5-7-17(2)8-6-12/h3-4,9-10,12H,5-8,16H2,1-2H3. The minimum Gasteiger partial charge on any atom is -0.490 e. The zero-order chi connectivity index (χ0) is 13.1. The monoisotopic (exact) mass is 252 g/mol. The molecule has 0 spiro atoms. The number of nitrogens with zero attached hydrogens (tertiary/aromatic N) is 1. The van der Waals surface area contributed by atoms with E-state index < -0.39 is 0 Å². The fourth-order valence-electron chi connectivity index (χ4n) is 2.26. The van der Waals surface area contributed by atoms with Gasteiger partial charge < -0.3 is 15.4 Å².